The molecule has 1 aromatic heterocycles. The summed E-state index contributed by atoms with van der Waals surface area (Å²) in [5.74, 6) is 0.209. The summed E-state index contributed by atoms with van der Waals surface area (Å²) in [7, 11) is 3.34. The van der Waals surface area contributed by atoms with Crippen LogP contribution in [0.1, 0.15) is 19.4 Å². The van der Waals surface area contributed by atoms with Crippen LogP contribution in [0.5, 0.6) is 0 Å². The van der Waals surface area contributed by atoms with Gasteiger partial charge in [-0.15, -0.1) is 0 Å². The average molecular weight is 365 g/mol. The quantitative estimate of drug-likeness (QED) is 0.757. The number of aryl methyl sites for hydroxylation is 1. The lowest BCUT2D eigenvalue weighted by Crippen LogP contribution is -2.46. The summed E-state index contributed by atoms with van der Waals surface area (Å²) in [6.07, 6.45) is 1.39. The van der Waals surface area contributed by atoms with Crippen LogP contribution < -0.4 is 16.6 Å². The fourth-order valence-corrected chi connectivity index (χ4v) is 3.13. The van der Waals surface area contributed by atoms with E-state index in [9.17, 15) is 19.2 Å². The fourth-order valence-electron chi connectivity index (χ4n) is 3.13. The first-order valence-electron chi connectivity index (χ1n) is 8.66. The van der Waals surface area contributed by atoms with E-state index in [-0.39, 0.29) is 30.4 Å². The van der Waals surface area contributed by atoms with Gasteiger partial charge in [-0.3, -0.25) is 19.1 Å². The molecule has 0 bridgehead atoms. The lowest BCUT2D eigenvalue weighted by atomic mass is 9.91. The van der Waals surface area contributed by atoms with E-state index in [0.29, 0.717) is 24.6 Å². The van der Waals surface area contributed by atoms with E-state index in [2.05, 4.69) is 24.1 Å². The average Bonchev–Trinajstić information content (AvgIpc) is 2.96. The fraction of sp³-hybridized carbons (Fsp3) is 0.647. The number of urea groups is 1. The third kappa shape index (κ3) is 4.33. The predicted molar refractivity (Wildman–Crippen MR) is 97.0 cm³/mol. The molecule has 1 fully saturated rings. The van der Waals surface area contributed by atoms with Gasteiger partial charge >= 0.3 is 11.7 Å². The molecule has 1 aliphatic rings. The summed E-state index contributed by atoms with van der Waals surface area (Å²) in [5.41, 5.74) is -0.688. The van der Waals surface area contributed by atoms with Crippen molar-refractivity contribution in [3.63, 3.8) is 0 Å². The van der Waals surface area contributed by atoms with Crippen LogP contribution in [0.2, 0.25) is 0 Å². The molecule has 2 N–H and O–H groups in total. The molecule has 1 aromatic rings. The summed E-state index contributed by atoms with van der Waals surface area (Å²) in [6.45, 7) is 6.48. The van der Waals surface area contributed by atoms with Crippen molar-refractivity contribution in [3.8, 4) is 0 Å². The van der Waals surface area contributed by atoms with Gasteiger partial charge in [0.05, 0.1) is 6.04 Å². The van der Waals surface area contributed by atoms with E-state index in [1.807, 2.05) is 0 Å². The van der Waals surface area contributed by atoms with E-state index in [1.54, 1.807) is 25.9 Å². The molecule has 1 saturated heterocycles. The van der Waals surface area contributed by atoms with Crippen LogP contribution in [0.25, 0.3) is 0 Å². The second-order valence-corrected chi connectivity index (χ2v) is 7.36. The molecular weight excluding hydrogens is 338 g/mol. The maximum atomic E-state index is 12.6. The minimum atomic E-state index is -0.606. The highest BCUT2D eigenvalue weighted by atomic mass is 16.2. The van der Waals surface area contributed by atoms with Crippen molar-refractivity contribution < 1.29 is 9.59 Å². The molecule has 0 saturated carbocycles. The van der Waals surface area contributed by atoms with Gasteiger partial charge in [0.2, 0.25) is 5.91 Å². The SMILES string of the molecule is Cc1cn(CC(=O)N2C[C@@H](NC(=O)N(C)C)[C@H](C(C)C)C2)c(=O)[nH]c1=O. The predicted octanol–water partition coefficient (Wildman–Crippen LogP) is -0.401. The second kappa shape index (κ2) is 7.76. The number of aromatic nitrogens is 2. The number of likely N-dealkylation sites (tertiary alicyclic amines) is 1. The van der Waals surface area contributed by atoms with Crippen molar-refractivity contribution in [2.24, 2.45) is 11.8 Å². The van der Waals surface area contributed by atoms with Gasteiger partial charge in [-0.25, -0.2) is 9.59 Å². The number of amides is 3. The minimum absolute atomic E-state index is 0.136. The topological polar surface area (TPSA) is 108 Å². The number of carbonyl (C=O) groups excluding carboxylic acids is 2. The van der Waals surface area contributed by atoms with Gasteiger partial charge < -0.3 is 15.1 Å². The van der Waals surface area contributed by atoms with Crippen LogP contribution >= 0.6 is 0 Å². The molecule has 2 atom stereocenters. The van der Waals surface area contributed by atoms with Crippen LogP contribution in [0.3, 0.4) is 0 Å². The van der Waals surface area contributed by atoms with Crippen molar-refractivity contribution in [3.05, 3.63) is 32.6 Å². The lowest BCUT2D eigenvalue weighted by Gasteiger charge is -2.24. The zero-order valence-electron chi connectivity index (χ0n) is 15.9. The van der Waals surface area contributed by atoms with Gasteiger partial charge in [0, 0.05) is 44.9 Å². The summed E-state index contributed by atoms with van der Waals surface area (Å²) in [6, 6.07) is -0.328. The van der Waals surface area contributed by atoms with E-state index >= 15 is 0 Å². The number of nitrogens with one attached hydrogen (secondary N) is 2. The highest BCUT2D eigenvalue weighted by molar-refractivity contribution is 5.77. The molecule has 0 unspecified atom stereocenters. The van der Waals surface area contributed by atoms with Crippen LogP contribution in [-0.4, -0.2) is 64.5 Å². The Bertz CT molecular complexity index is 795. The number of carbonyl (C=O) groups is 2. The van der Waals surface area contributed by atoms with Gasteiger partial charge in [-0.2, -0.15) is 0 Å². The monoisotopic (exact) mass is 365 g/mol. The zero-order valence-corrected chi connectivity index (χ0v) is 15.9. The van der Waals surface area contributed by atoms with Crippen LogP contribution in [-0.2, 0) is 11.3 Å². The summed E-state index contributed by atoms with van der Waals surface area (Å²) >= 11 is 0. The Morgan fingerprint density at radius 2 is 1.96 bits per heavy atom. The second-order valence-electron chi connectivity index (χ2n) is 7.36. The largest absolute Gasteiger partial charge is 0.339 e. The normalized spacial score (nSPS) is 19.7. The number of aromatic amines is 1. The number of nitrogens with zero attached hydrogens (tertiary/aromatic N) is 3. The highest BCUT2D eigenvalue weighted by Gasteiger charge is 2.37. The van der Waals surface area contributed by atoms with Gasteiger partial charge in [0.15, 0.2) is 0 Å². The maximum absolute atomic E-state index is 12.6. The van der Waals surface area contributed by atoms with Gasteiger partial charge in [-0.05, 0) is 12.8 Å². The number of hydrogen-bond acceptors (Lipinski definition) is 4. The van der Waals surface area contributed by atoms with Crippen LogP contribution in [0.4, 0.5) is 4.79 Å². The molecule has 144 valence electrons. The Hall–Kier alpha value is -2.58. The zero-order chi connectivity index (χ0) is 19.6. The molecule has 9 nitrogen and oxygen atoms in total. The summed E-state index contributed by atoms with van der Waals surface area (Å²) in [5, 5.41) is 2.96. The first-order valence-corrected chi connectivity index (χ1v) is 8.66. The molecule has 3 amide bonds. The van der Waals surface area contributed by atoms with Crippen molar-refractivity contribution in [2.45, 2.75) is 33.4 Å². The summed E-state index contributed by atoms with van der Waals surface area (Å²) in [4.78, 5) is 53.3. The van der Waals surface area contributed by atoms with Crippen molar-refractivity contribution in [1.29, 1.82) is 0 Å². The van der Waals surface area contributed by atoms with E-state index in [4.69, 9.17) is 0 Å². The van der Waals surface area contributed by atoms with Crippen LogP contribution in [0, 0.1) is 18.8 Å². The Balaban J connectivity index is 2.12. The first-order chi connectivity index (χ1) is 12.1. The van der Waals surface area contributed by atoms with Gasteiger partial charge in [0.25, 0.3) is 5.56 Å². The van der Waals surface area contributed by atoms with Crippen molar-refractivity contribution in [2.75, 3.05) is 27.2 Å². The molecule has 2 rings (SSSR count). The van der Waals surface area contributed by atoms with E-state index in [0.717, 1.165) is 0 Å². The number of hydrogen-bond donors (Lipinski definition) is 2. The molecular formula is C17H27N5O4. The minimum Gasteiger partial charge on any atom is -0.339 e. The molecule has 0 aromatic carbocycles. The number of H-pyrrole nitrogens is 1. The Morgan fingerprint density at radius 1 is 1.31 bits per heavy atom. The molecule has 26 heavy (non-hydrogen) atoms. The smallest absolute Gasteiger partial charge is 0.328 e. The Morgan fingerprint density at radius 3 is 2.54 bits per heavy atom. The Labute approximate surface area is 152 Å². The van der Waals surface area contributed by atoms with Crippen LogP contribution in [0.15, 0.2) is 15.8 Å². The molecule has 0 radical (unpaired) electrons. The van der Waals surface area contributed by atoms with E-state index in [1.165, 1.54) is 15.7 Å². The van der Waals surface area contributed by atoms with Crippen molar-refractivity contribution in [1.82, 2.24) is 24.7 Å². The third-order valence-electron chi connectivity index (χ3n) is 4.78. The summed E-state index contributed by atoms with van der Waals surface area (Å²) < 4.78 is 1.20. The molecule has 2 heterocycles. The Kier molecular flexibility index (Phi) is 5.89. The van der Waals surface area contributed by atoms with Gasteiger partial charge in [-0.1, -0.05) is 13.8 Å². The first kappa shape index (κ1) is 19.7. The van der Waals surface area contributed by atoms with Crippen molar-refractivity contribution >= 4 is 11.9 Å². The molecule has 0 aliphatic carbocycles. The maximum Gasteiger partial charge on any atom is 0.328 e. The van der Waals surface area contributed by atoms with Gasteiger partial charge in [0.1, 0.15) is 6.54 Å². The molecule has 0 spiro atoms. The standard InChI is InChI=1S/C17H27N5O4/c1-10(2)12-7-21(8-13(12)18-16(25)20(4)5)14(23)9-22-6-11(3)15(24)19-17(22)26/h6,10,12-13H,7-9H2,1-5H3,(H,18,25)(H,19,24,26)/t12-,13+/m0/s1. The lowest BCUT2D eigenvalue weighted by molar-refractivity contribution is -0.131. The highest BCUT2D eigenvalue weighted by Crippen LogP contribution is 2.24. The number of rotatable bonds is 4. The van der Waals surface area contributed by atoms with E-state index < -0.39 is 11.2 Å². The molecule has 9 heteroatoms. The molecule has 1 aliphatic heterocycles. The third-order valence-corrected chi connectivity index (χ3v) is 4.78.